The summed E-state index contributed by atoms with van der Waals surface area (Å²) in [5, 5.41) is 24.8. The summed E-state index contributed by atoms with van der Waals surface area (Å²) in [6, 6.07) is 26.1. The second-order valence-electron chi connectivity index (χ2n) is 15.6. The Labute approximate surface area is 314 Å². The van der Waals surface area contributed by atoms with E-state index in [-0.39, 0.29) is 31.3 Å². The highest BCUT2D eigenvalue weighted by atomic mass is 28.4. The number of halogens is 6. The number of phenols is 1. The van der Waals surface area contributed by atoms with Gasteiger partial charge in [-0.2, -0.15) is 26.3 Å². The third kappa shape index (κ3) is 6.56. The predicted molar refractivity (Wildman–Crippen MR) is 193 cm³/mol. The van der Waals surface area contributed by atoms with Crippen LogP contribution in [0, 0.1) is 23.7 Å². The summed E-state index contributed by atoms with van der Waals surface area (Å²) < 4.78 is 97.0. The van der Waals surface area contributed by atoms with E-state index in [1.165, 1.54) is 6.07 Å². The third-order valence-corrected chi connectivity index (χ3v) is 16.4. The Hall–Kier alpha value is -4.50. The van der Waals surface area contributed by atoms with E-state index in [1.807, 2.05) is 60.7 Å². The van der Waals surface area contributed by atoms with Gasteiger partial charge >= 0.3 is 12.4 Å². The number of benzene rings is 4. The zero-order chi connectivity index (χ0) is 39.7. The average Bonchev–Trinajstić information content (AvgIpc) is 3.60. The normalized spacial score (nSPS) is 25.9. The van der Waals surface area contributed by atoms with Gasteiger partial charge in [-0.25, -0.2) is 0 Å². The van der Waals surface area contributed by atoms with E-state index in [9.17, 15) is 46.1 Å². The van der Waals surface area contributed by atoms with Crippen molar-refractivity contribution in [3.8, 4) is 5.75 Å². The van der Waals surface area contributed by atoms with Gasteiger partial charge in [0.25, 0.3) is 8.32 Å². The number of imide groups is 1. The molecule has 1 saturated carbocycles. The Bertz CT molecular complexity index is 2020. The van der Waals surface area contributed by atoms with Crippen molar-refractivity contribution in [3.05, 3.63) is 120 Å². The summed E-state index contributed by atoms with van der Waals surface area (Å²) in [6.07, 6.45) is -11.7. The summed E-state index contributed by atoms with van der Waals surface area (Å²) in [7, 11) is -3.26. The van der Waals surface area contributed by atoms with Gasteiger partial charge < -0.3 is 19.4 Å². The molecule has 3 aliphatic rings. The Morgan fingerprint density at radius 3 is 1.82 bits per heavy atom. The summed E-state index contributed by atoms with van der Waals surface area (Å²) in [5.74, 6) is -9.08. The molecule has 0 aromatic heterocycles. The highest BCUT2D eigenvalue weighted by Crippen LogP contribution is 2.59. The molecule has 3 fully saturated rings. The van der Waals surface area contributed by atoms with Crippen molar-refractivity contribution in [1.82, 2.24) is 0 Å². The van der Waals surface area contributed by atoms with Crippen LogP contribution in [0.25, 0.3) is 0 Å². The molecular weight excluding hydrogens is 745 g/mol. The lowest BCUT2D eigenvalue weighted by Gasteiger charge is -2.48. The third-order valence-electron chi connectivity index (χ3n) is 11.4. The lowest BCUT2D eigenvalue weighted by atomic mass is 9.64. The number of carbonyl (C=O) groups excluding carboxylic acids is 2. The highest BCUT2D eigenvalue weighted by molar-refractivity contribution is 6.99. The summed E-state index contributed by atoms with van der Waals surface area (Å²) in [5.41, 5.74) is -3.92. The van der Waals surface area contributed by atoms with E-state index in [1.54, 1.807) is 18.2 Å². The smallest absolute Gasteiger partial charge is 0.416 e. The molecule has 2 amide bonds. The van der Waals surface area contributed by atoms with Gasteiger partial charge in [0.1, 0.15) is 5.75 Å². The zero-order valence-electron chi connectivity index (χ0n) is 30.1. The minimum Gasteiger partial charge on any atom is -0.508 e. The first-order valence-electron chi connectivity index (χ1n) is 17.9. The number of phenolic OH excluding ortho intramolecular Hbond substituents is 1. The molecular formula is C41H39F6NO6Si. The molecule has 6 atom stereocenters. The largest absolute Gasteiger partial charge is 0.508 e. The first-order valence-corrected chi connectivity index (χ1v) is 19.8. The van der Waals surface area contributed by atoms with Crippen LogP contribution in [0.3, 0.4) is 0 Å². The second kappa shape index (κ2) is 13.6. The van der Waals surface area contributed by atoms with E-state index in [0.717, 1.165) is 10.4 Å². The fourth-order valence-corrected chi connectivity index (χ4v) is 13.5. The number of aliphatic hydroxyl groups is 1. The molecule has 7 rings (SSSR count). The molecule has 7 nitrogen and oxygen atoms in total. The first kappa shape index (κ1) is 38.8. The molecule has 0 bridgehead atoms. The standard InChI is InChI=1S/C41H39F6NO6Si/c1-38(2,3)55(28-12-6-4-7-13-28,29-14-8-5-9-15-29)53-23-26-21-31-35(32-22-34(54-39(26,32)52)30-16-10-11-17-33(30)49)37(51)48(36(31)50)27-19-24(40(42,43)44)18-25(20-27)41(45,46)47/h4-20,26,31-32,34-35,49,52H,21-23H2,1-3H3/t26-,31+,32+,34+,35+,39-/m1/s1. The predicted octanol–water partition coefficient (Wildman–Crippen LogP) is 7.60. The number of alkyl halides is 6. The molecule has 2 heterocycles. The maximum atomic E-state index is 14.3. The Morgan fingerprint density at radius 2 is 1.31 bits per heavy atom. The monoisotopic (exact) mass is 783 g/mol. The van der Waals surface area contributed by atoms with Crippen molar-refractivity contribution in [2.45, 2.75) is 62.9 Å². The number of aromatic hydroxyl groups is 1. The van der Waals surface area contributed by atoms with E-state index >= 15 is 0 Å². The topological polar surface area (TPSA) is 96.3 Å². The van der Waals surface area contributed by atoms with Crippen molar-refractivity contribution < 1.29 is 55.3 Å². The molecule has 4 aromatic carbocycles. The molecule has 290 valence electrons. The Morgan fingerprint density at radius 1 is 0.782 bits per heavy atom. The molecule has 55 heavy (non-hydrogen) atoms. The van der Waals surface area contributed by atoms with Crippen LogP contribution in [0.15, 0.2) is 103 Å². The number of fused-ring (bicyclic) bond motifs is 3. The molecule has 14 heteroatoms. The zero-order valence-corrected chi connectivity index (χ0v) is 31.1. The fraction of sp³-hybridized carbons (Fsp3) is 0.366. The Kier molecular flexibility index (Phi) is 9.59. The van der Waals surface area contributed by atoms with Crippen LogP contribution in [0.4, 0.5) is 32.0 Å². The van der Waals surface area contributed by atoms with E-state index in [0.29, 0.717) is 22.6 Å². The van der Waals surface area contributed by atoms with Gasteiger partial charge in [0.15, 0.2) is 5.79 Å². The number of ether oxygens (including phenoxy) is 1. The molecule has 0 spiro atoms. The van der Waals surface area contributed by atoms with Gasteiger partial charge in [-0.05, 0) is 52.5 Å². The van der Waals surface area contributed by atoms with Crippen LogP contribution >= 0.6 is 0 Å². The number of amides is 2. The van der Waals surface area contributed by atoms with Crippen molar-refractivity contribution >= 4 is 36.2 Å². The summed E-state index contributed by atoms with van der Waals surface area (Å²) in [4.78, 5) is 29.0. The second-order valence-corrected chi connectivity index (χ2v) is 19.9. The molecule has 4 aromatic rings. The Balaban J connectivity index is 1.33. The fourth-order valence-electron chi connectivity index (χ4n) is 8.94. The molecule has 2 aliphatic heterocycles. The van der Waals surface area contributed by atoms with Crippen molar-refractivity contribution in [3.63, 3.8) is 0 Å². The molecule has 1 aliphatic carbocycles. The maximum Gasteiger partial charge on any atom is 0.416 e. The SMILES string of the molecule is CC(C)(C)[Si](OC[C@H]1C[C@@H]2C(=O)N(c3cc(C(F)(F)F)cc(C(F)(F)F)c3)C(=O)[C@@H]2[C@@H]2C[C@@H](c3ccccc3O)O[C@]12O)(c1ccccc1)c1ccccc1. The number of hydrogen-bond donors (Lipinski definition) is 2. The van der Waals surface area contributed by atoms with Crippen molar-refractivity contribution in [1.29, 1.82) is 0 Å². The van der Waals surface area contributed by atoms with Crippen LogP contribution in [0.5, 0.6) is 5.75 Å². The summed E-state index contributed by atoms with van der Waals surface area (Å²) >= 11 is 0. The number of nitrogens with zero attached hydrogens (tertiary/aromatic N) is 1. The van der Waals surface area contributed by atoms with Crippen LogP contribution < -0.4 is 15.3 Å². The minimum atomic E-state index is -5.22. The van der Waals surface area contributed by atoms with E-state index in [2.05, 4.69) is 20.8 Å². The molecule has 2 saturated heterocycles. The van der Waals surface area contributed by atoms with Crippen molar-refractivity contribution in [2.24, 2.45) is 23.7 Å². The summed E-state index contributed by atoms with van der Waals surface area (Å²) in [6.45, 7) is 5.97. The quantitative estimate of drug-likeness (QED) is 0.114. The van der Waals surface area contributed by atoms with E-state index < -0.39 is 89.9 Å². The lowest BCUT2D eigenvalue weighted by molar-refractivity contribution is -0.273. The van der Waals surface area contributed by atoms with Gasteiger partial charge in [-0.3, -0.25) is 14.5 Å². The number of anilines is 1. The minimum absolute atomic E-state index is 0.0692. The van der Waals surface area contributed by atoms with Gasteiger partial charge in [-0.15, -0.1) is 0 Å². The number of hydrogen-bond acceptors (Lipinski definition) is 6. The first-order chi connectivity index (χ1) is 25.8. The van der Waals surface area contributed by atoms with Crippen LogP contribution in [-0.4, -0.2) is 42.7 Å². The highest BCUT2D eigenvalue weighted by Gasteiger charge is 2.67. The van der Waals surface area contributed by atoms with Gasteiger partial charge in [0, 0.05) is 24.0 Å². The maximum absolute atomic E-state index is 14.3. The van der Waals surface area contributed by atoms with Crippen molar-refractivity contribution in [2.75, 3.05) is 11.5 Å². The van der Waals surface area contributed by atoms with Crippen LogP contribution in [0.1, 0.15) is 56.4 Å². The van der Waals surface area contributed by atoms with Crippen LogP contribution in [0.2, 0.25) is 5.04 Å². The van der Waals surface area contributed by atoms with Gasteiger partial charge in [0.05, 0.1) is 34.8 Å². The van der Waals surface area contributed by atoms with Gasteiger partial charge in [-0.1, -0.05) is 99.6 Å². The number of para-hydroxylation sites is 1. The van der Waals surface area contributed by atoms with Gasteiger partial charge in [0.2, 0.25) is 11.8 Å². The lowest BCUT2D eigenvalue weighted by Crippen LogP contribution is -2.67. The molecule has 0 unspecified atom stereocenters. The number of rotatable bonds is 7. The number of carbonyl (C=O) groups is 2. The average molecular weight is 784 g/mol. The van der Waals surface area contributed by atoms with Crippen LogP contribution in [-0.2, 0) is 31.1 Å². The van der Waals surface area contributed by atoms with E-state index in [4.69, 9.17) is 9.16 Å². The molecule has 2 N–H and O–H groups in total. The molecule has 0 radical (unpaired) electrons.